The molecule has 0 bridgehead atoms. The Hall–Kier alpha value is -0.380. The van der Waals surface area contributed by atoms with Gasteiger partial charge in [-0.25, -0.2) is 0 Å². The maximum absolute atomic E-state index is 8.55. The summed E-state index contributed by atoms with van der Waals surface area (Å²) in [5.74, 6) is 0. The highest BCUT2D eigenvalue weighted by Gasteiger charge is 2.12. The lowest BCUT2D eigenvalue weighted by molar-refractivity contribution is -0.162. The van der Waals surface area contributed by atoms with Gasteiger partial charge in [0.25, 0.3) is 0 Å². The van der Waals surface area contributed by atoms with Crippen molar-refractivity contribution in [2.24, 2.45) is 0 Å². The quantitative estimate of drug-likeness (QED) is 0.522. The fourth-order valence-electron chi connectivity index (χ4n) is 1.57. The Bertz CT molecular complexity index is 162. The molecule has 0 aromatic heterocycles. The van der Waals surface area contributed by atoms with Crippen molar-refractivity contribution >= 4 is 0 Å². The van der Waals surface area contributed by atoms with E-state index in [9.17, 15) is 0 Å². The lowest BCUT2D eigenvalue weighted by Gasteiger charge is -2.22. The fourth-order valence-corrected chi connectivity index (χ4v) is 1.57. The molecule has 0 amide bonds. The van der Waals surface area contributed by atoms with Gasteiger partial charge in [-0.3, -0.25) is 0 Å². The number of aliphatic hydroxyl groups is 1. The van der Waals surface area contributed by atoms with Crippen LogP contribution in [0.3, 0.4) is 0 Å². The molecular weight excluding hydrogens is 192 g/mol. The lowest BCUT2D eigenvalue weighted by atomic mass is 10.2. The molecule has 3 nitrogen and oxygen atoms in total. The number of allylic oxidation sites excluding steroid dienone is 1. The Labute approximate surface area is 92.1 Å². The zero-order valence-corrected chi connectivity index (χ0v) is 9.36. The van der Waals surface area contributed by atoms with Crippen molar-refractivity contribution in [3.8, 4) is 0 Å². The summed E-state index contributed by atoms with van der Waals surface area (Å²) in [6, 6.07) is 0. The van der Waals surface area contributed by atoms with Gasteiger partial charge in [0.1, 0.15) is 0 Å². The molecule has 0 saturated carbocycles. The van der Waals surface area contributed by atoms with Crippen LogP contribution in [-0.4, -0.2) is 31.2 Å². The molecule has 1 fully saturated rings. The maximum Gasteiger partial charge on any atom is 0.157 e. The molecule has 0 aliphatic carbocycles. The molecule has 3 heteroatoms. The SMILES string of the molecule is OCC/C=C\CCCOC1CCCCO1. The Morgan fingerprint density at radius 3 is 2.87 bits per heavy atom. The van der Waals surface area contributed by atoms with E-state index in [1.807, 2.05) is 6.08 Å². The number of hydrogen-bond donors (Lipinski definition) is 1. The van der Waals surface area contributed by atoms with Crippen LogP contribution in [0, 0.1) is 0 Å². The maximum atomic E-state index is 8.55. The highest BCUT2D eigenvalue weighted by Crippen LogP contribution is 2.13. The summed E-state index contributed by atoms with van der Waals surface area (Å²) in [7, 11) is 0. The van der Waals surface area contributed by atoms with Gasteiger partial charge in [-0.15, -0.1) is 0 Å². The first kappa shape index (κ1) is 12.7. The van der Waals surface area contributed by atoms with E-state index in [-0.39, 0.29) is 12.9 Å². The largest absolute Gasteiger partial charge is 0.396 e. The molecule has 1 atom stereocenters. The number of rotatable bonds is 7. The molecule has 1 N–H and O–H groups in total. The second-order valence-electron chi connectivity index (χ2n) is 3.79. The van der Waals surface area contributed by atoms with Crippen LogP contribution in [-0.2, 0) is 9.47 Å². The van der Waals surface area contributed by atoms with Crippen molar-refractivity contribution in [1.82, 2.24) is 0 Å². The van der Waals surface area contributed by atoms with Gasteiger partial charge in [0.15, 0.2) is 6.29 Å². The van der Waals surface area contributed by atoms with Crippen molar-refractivity contribution in [3.63, 3.8) is 0 Å². The molecule has 1 rings (SSSR count). The van der Waals surface area contributed by atoms with Crippen LogP contribution in [0.5, 0.6) is 0 Å². The van der Waals surface area contributed by atoms with Gasteiger partial charge in [0, 0.05) is 13.2 Å². The minimum atomic E-state index is 0.0418. The van der Waals surface area contributed by atoms with Gasteiger partial charge in [-0.1, -0.05) is 12.2 Å². The summed E-state index contributed by atoms with van der Waals surface area (Å²) >= 11 is 0. The van der Waals surface area contributed by atoms with Crippen LogP contribution in [0.25, 0.3) is 0 Å². The topological polar surface area (TPSA) is 38.7 Å². The molecule has 1 aliphatic rings. The Balaban J connectivity index is 1.87. The average molecular weight is 214 g/mol. The highest BCUT2D eigenvalue weighted by atomic mass is 16.7. The van der Waals surface area contributed by atoms with Gasteiger partial charge in [-0.05, 0) is 38.5 Å². The van der Waals surface area contributed by atoms with E-state index in [1.54, 1.807) is 0 Å². The minimum absolute atomic E-state index is 0.0418. The predicted octanol–water partition coefficient (Wildman–Crippen LogP) is 2.25. The number of unbranched alkanes of at least 4 members (excludes halogenated alkanes) is 1. The van der Waals surface area contributed by atoms with Crippen molar-refractivity contribution in [3.05, 3.63) is 12.2 Å². The zero-order chi connectivity index (χ0) is 10.8. The van der Waals surface area contributed by atoms with Crippen LogP contribution >= 0.6 is 0 Å². The predicted molar refractivity (Wildman–Crippen MR) is 59.6 cm³/mol. The molecule has 88 valence electrons. The van der Waals surface area contributed by atoms with Gasteiger partial charge >= 0.3 is 0 Å². The highest BCUT2D eigenvalue weighted by molar-refractivity contribution is 4.80. The van der Waals surface area contributed by atoms with E-state index in [1.165, 1.54) is 12.8 Å². The molecule has 1 unspecified atom stereocenters. The molecule has 0 spiro atoms. The third-order valence-electron chi connectivity index (χ3n) is 2.42. The summed E-state index contributed by atoms with van der Waals surface area (Å²) < 4.78 is 11.0. The first-order valence-corrected chi connectivity index (χ1v) is 5.92. The molecule has 1 aliphatic heterocycles. The Morgan fingerprint density at radius 2 is 2.13 bits per heavy atom. The van der Waals surface area contributed by atoms with Crippen molar-refractivity contribution in [2.45, 2.75) is 44.8 Å². The zero-order valence-electron chi connectivity index (χ0n) is 9.36. The summed E-state index contributed by atoms with van der Waals surface area (Å²) in [6.45, 7) is 1.86. The lowest BCUT2D eigenvalue weighted by Crippen LogP contribution is -2.22. The van der Waals surface area contributed by atoms with Crippen LogP contribution in [0.4, 0.5) is 0 Å². The number of ether oxygens (including phenoxy) is 2. The van der Waals surface area contributed by atoms with E-state index in [2.05, 4.69) is 6.08 Å². The van der Waals surface area contributed by atoms with E-state index in [4.69, 9.17) is 14.6 Å². The van der Waals surface area contributed by atoms with Crippen LogP contribution < -0.4 is 0 Å². The first-order chi connectivity index (χ1) is 7.43. The van der Waals surface area contributed by atoms with Crippen molar-refractivity contribution in [2.75, 3.05) is 19.8 Å². The molecule has 0 radical (unpaired) electrons. The van der Waals surface area contributed by atoms with E-state index in [0.717, 1.165) is 38.9 Å². The van der Waals surface area contributed by atoms with Crippen LogP contribution in [0.2, 0.25) is 0 Å². The summed E-state index contributed by atoms with van der Waals surface area (Å²) in [5.41, 5.74) is 0. The average Bonchev–Trinajstić information content (AvgIpc) is 2.29. The monoisotopic (exact) mass is 214 g/mol. The Kier molecular flexibility index (Phi) is 7.52. The summed E-state index contributed by atoms with van der Waals surface area (Å²) in [4.78, 5) is 0. The smallest absolute Gasteiger partial charge is 0.157 e. The second-order valence-corrected chi connectivity index (χ2v) is 3.79. The van der Waals surface area contributed by atoms with E-state index < -0.39 is 0 Å². The van der Waals surface area contributed by atoms with E-state index in [0.29, 0.717) is 0 Å². The van der Waals surface area contributed by atoms with Gasteiger partial charge < -0.3 is 14.6 Å². The van der Waals surface area contributed by atoms with Crippen molar-refractivity contribution in [1.29, 1.82) is 0 Å². The summed E-state index contributed by atoms with van der Waals surface area (Å²) in [5, 5.41) is 8.55. The van der Waals surface area contributed by atoms with Crippen LogP contribution in [0.1, 0.15) is 38.5 Å². The van der Waals surface area contributed by atoms with Crippen LogP contribution in [0.15, 0.2) is 12.2 Å². The fraction of sp³-hybridized carbons (Fsp3) is 0.833. The van der Waals surface area contributed by atoms with E-state index >= 15 is 0 Å². The molecule has 0 aromatic carbocycles. The Morgan fingerprint density at radius 1 is 1.27 bits per heavy atom. The third kappa shape index (κ3) is 6.66. The van der Waals surface area contributed by atoms with Gasteiger partial charge in [-0.2, -0.15) is 0 Å². The summed E-state index contributed by atoms with van der Waals surface area (Å²) in [6.07, 6.45) is 10.4. The standard InChI is InChI=1S/C12H22O3/c13-9-5-2-1-3-6-10-14-12-8-4-7-11-15-12/h1-2,12-13H,3-11H2/b2-1-. The first-order valence-electron chi connectivity index (χ1n) is 5.92. The van der Waals surface area contributed by atoms with Gasteiger partial charge in [0.05, 0.1) is 6.61 Å². The third-order valence-corrected chi connectivity index (χ3v) is 2.42. The van der Waals surface area contributed by atoms with Gasteiger partial charge in [0.2, 0.25) is 0 Å². The molecule has 1 saturated heterocycles. The number of aliphatic hydroxyl groups excluding tert-OH is 1. The molecule has 0 aromatic rings. The molecule has 1 heterocycles. The minimum Gasteiger partial charge on any atom is -0.396 e. The normalized spacial score (nSPS) is 22.3. The molecule has 15 heavy (non-hydrogen) atoms. The molecular formula is C12H22O3. The van der Waals surface area contributed by atoms with Crippen molar-refractivity contribution < 1.29 is 14.6 Å². The second kappa shape index (κ2) is 8.89. The number of hydrogen-bond acceptors (Lipinski definition) is 3.